The number of guanidine groups is 1. The molecule has 0 radical (unpaired) electrons. The number of piperazine rings is 1. The Hall–Kier alpha value is -0.860. The predicted molar refractivity (Wildman–Crippen MR) is 118 cm³/mol. The van der Waals surface area contributed by atoms with Crippen molar-refractivity contribution in [2.45, 2.75) is 27.3 Å². The van der Waals surface area contributed by atoms with Crippen LogP contribution in [-0.2, 0) is 11.3 Å². The lowest BCUT2D eigenvalue weighted by molar-refractivity contribution is -0.0946. The van der Waals surface area contributed by atoms with Gasteiger partial charge in [0.1, 0.15) is 0 Å². The van der Waals surface area contributed by atoms with Gasteiger partial charge in [0.15, 0.2) is 5.96 Å². The first-order chi connectivity index (χ1) is 12.1. The third-order valence-corrected chi connectivity index (χ3v) is 5.01. The average Bonchev–Trinajstić information content (AvgIpc) is 2.58. The van der Waals surface area contributed by atoms with Crippen LogP contribution >= 0.6 is 24.0 Å². The molecule has 146 valence electrons. The van der Waals surface area contributed by atoms with Crippen molar-refractivity contribution in [2.24, 2.45) is 10.4 Å². The molecule has 2 fully saturated rings. The monoisotopic (exact) mass is 472 g/mol. The first kappa shape index (κ1) is 21.4. The second-order valence-corrected chi connectivity index (χ2v) is 7.73. The zero-order valence-electron chi connectivity index (χ0n) is 16.3. The van der Waals surface area contributed by atoms with Gasteiger partial charge in [0, 0.05) is 44.7 Å². The Kier molecular flexibility index (Phi) is 8.16. The lowest BCUT2D eigenvalue weighted by Gasteiger charge is -2.39. The molecule has 1 aromatic carbocycles. The molecule has 1 N–H and O–H groups in total. The molecule has 0 bridgehead atoms. The molecule has 2 aliphatic heterocycles. The Labute approximate surface area is 175 Å². The molecule has 2 aliphatic rings. The Bertz CT molecular complexity index is 595. The number of rotatable bonds is 5. The van der Waals surface area contributed by atoms with Crippen LogP contribution in [-0.4, -0.2) is 68.2 Å². The maximum absolute atomic E-state index is 5.34. The van der Waals surface area contributed by atoms with Gasteiger partial charge < -0.3 is 15.0 Å². The van der Waals surface area contributed by atoms with E-state index in [0.29, 0.717) is 0 Å². The van der Waals surface area contributed by atoms with E-state index < -0.39 is 0 Å². The number of hydrogen-bond acceptors (Lipinski definition) is 3. The predicted octanol–water partition coefficient (Wildman–Crippen LogP) is 2.73. The fraction of sp³-hybridized carbons (Fsp3) is 0.650. The smallest absolute Gasteiger partial charge is 0.194 e. The van der Waals surface area contributed by atoms with Crippen LogP contribution in [0.15, 0.2) is 29.3 Å². The van der Waals surface area contributed by atoms with Crippen molar-refractivity contribution in [3.8, 4) is 0 Å². The lowest BCUT2D eigenvalue weighted by atomic mass is 9.89. The zero-order chi connectivity index (χ0) is 17.7. The lowest BCUT2D eigenvalue weighted by Crippen LogP contribution is -2.52. The fourth-order valence-electron chi connectivity index (χ4n) is 3.42. The summed E-state index contributed by atoms with van der Waals surface area (Å²) in [6.07, 6.45) is 0. The molecule has 0 amide bonds. The van der Waals surface area contributed by atoms with Gasteiger partial charge in [-0.2, -0.15) is 0 Å². The highest BCUT2D eigenvalue weighted by atomic mass is 127. The van der Waals surface area contributed by atoms with E-state index in [9.17, 15) is 0 Å². The van der Waals surface area contributed by atoms with Crippen LogP contribution in [0.5, 0.6) is 0 Å². The fourth-order valence-corrected chi connectivity index (χ4v) is 3.42. The molecule has 2 heterocycles. The second-order valence-electron chi connectivity index (χ2n) is 7.73. The Balaban J connectivity index is 0.00000243. The summed E-state index contributed by atoms with van der Waals surface area (Å²) in [5, 5.41) is 3.46. The van der Waals surface area contributed by atoms with Crippen LogP contribution in [0.4, 0.5) is 0 Å². The number of benzene rings is 1. The number of nitrogens with one attached hydrogen (secondary N) is 1. The number of aryl methyl sites for hydroxylation is 1. The summed E-state index contributed by atoms with van der Waals surface area (Å²) >= 11 is 0. The summed E-state index contributed by atoms with van der Waals surface area (Å²) < 4.78 is 5.34. The van der Waals surface area contributed by atoms with E-state index in [4.69, 9.17) is 9.73 Å². The van der Waals surface area contributed by atoms with Gasteiger partial charge in [-0.3, -0.25) is 9.89 Å². The van der Waals surface area contributed by atoms with Crippen molar-refractivity contribution in [3.63, 3.8) is 0 Å². The molecule has 0 atom stereocenters. The van der Waals surface area contributed by atoms with Gasteiger partial charge >= 0.3 is 0 Å². The van der Waals surface area contributed by atoms with Gasteiger partial charge in [0.25, 0.3) is 0 Å². The average molecular weight is 472 g/mol. The van der Waals surface area contributed by atoms with E-state index in [1.165, 1.54) is 11.1 Å². The molecular formula is C20H33IN4O. The molecule has 1 aromatic rings. The quantitative estimate of drug-likeness (QED) is 0.407. The second kappa shape index (κ2) is 9.90. The van der Waals surface area contributed by atoms with Crippen LogP contribution in [0.2, 0.25) is 0 Å². The van der Waals surface area contributed by atoms with Crippen LogP contribution in [0.25, 0.3) is 0 Å². The molecule has 0 saturated carbocycles. The van der Waals surface area contributed by atoms with Gasteiger partial charge in [-0.1, -0.05) is 36.8 Å². The minimum absolute atomic E-state index is 0. The van der Waals surface area contributed by atoms with Crippen molar-refractivity contribution in [2.75, 3.05) is 52.5 Å². The van der Waals surface area contributed by atoms with Crippen molar-refractivity contribution in [3.05, 3.63) is 35.4 Å². The third-order valence-electron chi connectivity index (χ3n) is 5.01. The van der Waals surface area contributed by atoms with Gasteiger partial charge in [-0.05, 0) is 19.4 Å². The van der Waals surface area contributed by atoms with Gasteiger partial charge in [-0.25, -0.2) is 0 Å². The Morgan fingerprint density at radius 3 is 2.54 bits per heavy atom. The van der Waals surface area contributed by atoms with Gasteiger partial charge in [-0.15, -0.1) is 24.0 Å². The highest BCUT2D eigenvalue weighted by Crippen LogP contribution is 2.26. The Morgan fingerprint density at radius 2 is 1.96 bits per heavy atom. The summed E-state index contributed by atoms with van der Waals surface area (Å²) in [5.41, 5.74) is 2.98. The van der Waals surface area contributed by atoms with E-state index in [2.05, 4.69) is 60.2 Å². The van der Waals surface area contributed by atoms with E-state index >= 15 is 0 Å². The summed E-state index contributed by atoms with van der Waals surface area (Å²) in [6, 6.07) is 8.83. The summed E-state index contributed by atoms with van der Waals surface area (Å²) in [4.78, 5) is 9.82. The van der Waals surface area contributed by atoms with Gasteiger partial charge in [0.05, 0.1) is 19.8 Å². The van der Waals surface area contributed by atoms with Crippen molar-refractivity contribution < 1.29 is 4.74 Å². The standard InChI is InChI=1S/C20H32N4O.HI/c1-4-21-19(22-14-20(3)15-25-16-20)24-10-8-23(9-11-24)13-18-7-5-6-17(2)12-18;/h5-7,12H,4,8-11,13-16H2,1-3H3,(H,21,22);1H. The zero-order valence-corrected chi connectivity index (χ0v) is 18.7. The van der Waals surface area contributed by atoms with Gasteiger partial charge in [0.2, 0.25) is 0 Å². The molecule has 6 heteroatoms. The number of halogens is 1. The van der Waals surface area contributed by atoms with E-state index in [0.717, 1.165) is 65.0 Å². The maximum Gasteiger partial charge on any atom is 0.194 e. The van der Waals surface area contributed by atoms with Crippen LogP contribution in [0.3, 0.4) is 0 Å². The topological polar surface area (TPSA) is 40.1 Å². The summed E-state index contributed by atoms with van der Waals surface area (Å²) in [6.45, 7) is 15.2. The number of hydrogen-bond donors (Lipinski definition) is 1. The molecule has 0 unspecified atom stereocenters. The number of nitrogens with zero attached hydrogens (tertiary/aromatic N) is 3. The minimum Gasteiger partial charge on any atom is -0.380 e. The molecule has 0 spiro atoms. The summed E-state index contributed by atoms with van der Waals surface area (Å²) in [7, 11) is 0. The summed E-state index contributed by atoms with van der Waals surface area (Å²) in [5.74, 6) is 1.06. The normalized spacial score (nSPS) is 20.3. The van der Waals surface area contributed by atoms with Crippen molar-refractivity contribution in [1.29, 1.82) is 0 Å². The maximum atomic E-state index is 5.34. The minimum atomic E-state index is 0. The van der Waals surface area contributed by atoms with E-state index in [1.54, 1.807) is 0 Å². The highest BCUT2D eigenvalue weighted by molar-refractivity contribution is 14.0. The van der Waals surface area contributed by atoms with Crippen LogP contribution in [0.1, 0.15) is 25.0 Å². The van der Waals surface area contributed by atoms with Crippen LogP contribution < -0.4 is 5.32 Å². The van der Waals surface area contributed by atoms with Crippen LogP contribution in [0, 0.1) is 12.3 Å². The van der Waals surface area contributed by atoms with Crippen molar-refractivity contribution >= 4 is 29.9 Å². The first-order valence-electron chi connectivity index (χ1n) is 9.47. The third kappa shape index (κ3) is 5.82. The molecule has 5 nitrogen and oxygen atoms in total. The molecule has 2 saturated heterocycles. The molecule has 0 aliphatic carbocycles. The highest BCUT2D eigenvalue weighted by Gasteiger charge is 2.33. The van der Waals surface area contributed by atoms with Crippen molar-refractivity contribution in [1.82, 2.24) is 15.1 Å². The van der Waals surface area contributed by atoms with E-state index in [1.807, 2.05) is 0 Å². The first-order valence-corrected chi connectivity index (χ1v) is 9.47. The SMILES string of the molecule is CCNC(=NCC1(C)COC1)N1CCN(Cc2cccc(C)c2)CC1.I. The Morgan fingerprint density at radius 1 is 1.23 bits per heavy atom. The molecular weight excluding hydrogens is 439 g/mol. The largest absolute Gasteiger partial charge is 0.380 e. The van der Waals surface area contributed by atoms with E-state index in [-0.39, 0.29) is 29.4 Å². The number of ether oxygens (including phenoxy) is 1. The molecule has 0 aromatic heterocycles. The number of aliphatic imine (C=N–C) groups is 1. The molecule has 26 heavy (non-hydrogen) atoms. The molecule has 3 rings (SSSR count).